The van der Waals surface area contributed by atoms with E-state index in [2.05, 4.69) is 11.1 Å². The van der Waals surface area contributed by atoms with E-state index in [9.17, 15) is 13.2 Å². The minimum atomic E-state index is -4.41. The zero-order valence-corrected chi connectivity index (χ0v) is 14.5. The van der Waals surface area contributed by atoms with Crippen LogP contribution in [0, 0.1) is 6.07 Å². The van der Waals surface area contributed by atoms with Crippen molar-refractivity contribution in [3.8, 4) is 11.3 Å². The summed E-state index contributed by atoms with van der Waals surface area (Å²) in [5.74, 6) is 0. The standard InChI is InChI=1S/C18H10F3N2.Ir/c19-18(20,21)15-8-4-3-7-14(15)16-11-22-17-13-6-2-1-5-12(13)9-10-23(16)17;/h1-5,7-11H;/q-1;. The molecule has 0 aliphatic rings. The van der Waals surface area contributed by atoms with Crippen molar-refractivity contribution in [3.05, 3.63) is 72.6 Å². The monoisotopic (exact) mass is 504 g/mol. The maximum absolute atomic E-state index is 13.3. The molecule has 0 bridgehead atoms. The van der Waals surface area contributed by atoms with Gasteiger partial charge in [0, 0.05) is 31.9 Å². The minimum absolute atomic E-state index is 0. The number of halogens is 3. The van der Waals surface area contributed by atoms with Gasteiger partial charge in [0.05, 0.1) is 16.9 Å². The predicted octanol–water partition coefficient (Wildman–Crippen LogP) is 4.97. The molecular formula is C18H10F3IrN2-. The second-order valence-electron chi connectivity index (χ2n) is 5.20. The number of pyridine rings is 1. The van der Waals surface area contributed by atoms with E-state index in [1.165, 1.54) is 18.3 Å². The van der Waals surface area contributed by atoms with E-state index in [0.717, 1.165) is 16.8 Å². The van der Waals surface area contributed by atoms with Crippen LogP contribution in [-0.2, 0) is 26.3 Å². The molecule has 0 aliphatic carbocycles. The molecule has 0 atom stereocenters. The Labute approximate surface area is 149 Å². The Morgan fingerprint density at radius 2 is 1.79 bits per heavy atom. The summed E-state index contributed by atoms with van der Waals surface area (Å²) in [6, 6.07) is 16.0. The van der Waals surface area contributed by atoms with Crippen molar-refractivity contribution in [2.75, 3.05) is 0 Å². The molecule has 2 aromatic carbocycles. The van der Waals surface area contributed by atoms with Crippen LogP contribution in [0.25, 0.3) is 27.7 Å². The largest absolute Gasteiger partial charge is 0.417 e. The molecule has 1 radical (unpaired) electrons. The summed E-state index contributed by atoms with van der Waals surface area (Å²) in [7, 11) is 0. The van der Waals surface area contributed by atoms with Crippen molar-refractivity contribution in [2.45, 2.75) is 6.18 Å². The fourth-order valence-corrected chi connectivity index (χ4v) is 2.79. The van der Waals surface area contributed by atoms with E-state index in [4.69, 9.17) is 0 Å². The van der Waals surface area contributed by atoms with E-state index in [1.54, 1.807) is 22.7 Å². The summed E-state index contributed by atoms with van der Waals surface area (Å²) in [4.78, 5) is 4.31. The van der Waals surface area contributed by atoms with Crippen LogP contribution in [0.3, 0.4) is 0 Å². The second kappa shape index (κ2) is 6.04. The van der Waals surface area contributed by atoms with Crippen LogP contribution in [0.4, 0.5) is 13.2 Å². The van der Waals surface area contributed by atoms with Crippen molar-refractivity contribution in [1.82, 2.24) is 9.38 Å². The molecule has 24 heavy (non-hydrogen) atoms. The number of hydrogen-bond acceptors (Lipinski definition) is 1. The average molecular weight is 504 g/mol. The number of hydrogen-bond donors (Lipinski definition) is 0. The molecule has 0 fully saturated rings. The van der Waals surface area contributed by atoms with Crippen molar-refractivity contribution in [2.24, 2.45) is 0 Å². The van der Waals surface area contributed by atoms with Crippen molar-refractivity contribution < 1.29 is 33.3 Å². The van der Waals surface area contributed by atoms with E-state index < -0.39 is 11.7 Å². The summed E-state index contributed by atoms with van der Waals surface area (Å²) >= 11 is 0. The first-order valence-electron chi connectivity index (χ1n) is 6.99. The molecule has 2 aromatic heterocycles. The molecule has 4 aromatic rings. The molecular weight excluding hydrogens is 493 g/mol. The molecule has 0 aliphatic heterocycles. The fraction of sp³-hybridized carbons (Fsp3) is 0.0556. The molecule has 0 spiro atoms. The van der Waals surface area contributed by atoms with Crippen LogP contribution in [0.1, 0.15) is 5.56 Å². The fourth-order valence-electron chi connectivity index (χ4n) is 2.79. The van der Waals surface area contributed by atoms with Gasteiger partial charge in [-0.2, -0.15) is 13.2 Å². The molecule has 6 heteroatoms. The molecule has 0 unspecified atom stereocenters. The molecule has 0 saturated heterocycles. The van der Waals surface area contributed by atoms with Gasteiger partial charge >= 0.3 is 6.18 Å². The number of benzene rings is 2. The van der Waals surface area contributed by atoms with Crippen LogP contribution in [0.5, 0.6) is 0 Å². The second-order valence-corrected chi connectivity index (χ2v) is 5.20. The van der Waals surface area contributed by atoms with Crippen LogP contribution in [0.15, 0.2) is 60.9 Å². The normalized spacial score (nSPS) is 11.6. The number of alkyl halides is 3. The summed E-state index contributed by atoms with van der Waals surface area (Å²) in [5.41, 5.74) is 0.448. The third kappa shape index (κ3) is 2.62. The summed E-state index contributed by atoms with van der Waals surface area (Å²) in [5, 5.41) is 1.73. The molecule has 0 N–H and O–H groups in total. The molecule has 0 amide bonds. The topological polar surface area (TPSA) is 17.3 Å². The number of imidazole rings is 1. The van der Waals surface area contributed by atoms with E-state index in [0.29, 0.717) is 11.3 Å². The van der Waals surface area contributed by atoms with Gasteiger partial charge in [0.25, 0.3) is 0 Å². The maximum atomic E-state index is 13.3. The Morgan fingerprint density at radius 1 is 1.00 bits per heavy atom. The predicted molar refractivity (Wildman–Crippen MR) is 82.0 cm³/mol. The zero-order chi connectivity index (χ0) is 16.0. The minimum Gasteiger partial charge on any atom is -0.341 e. The van der Waals surface area contributed by atoms with Gasteiger partial charge in [-0.15, -0.1) is 35.0 Å². The number of fused-ring (bicyclic) bond motifs is 3. The first-order valence-corrected chi connectivity index (χ1v) is 6.99. The van der Waals surface area contributed by atoms with E-state index in [1.807, 2.05) is 18.2 Å². The Hall–Kier alpha value is -2.17. The summed E-state index contributed by atoms with van der Waals surface area (Å²) in [6.07, 6.45) is -1.20. The summed E-state index contributed by atoms with van der Waals surface area (Å²) < 4.78 is 41.4. The van der Waals surface area contributed by atoms with Gasteiger partial charge in [0.2, 0.25) is 0 Å². The van der Waals surface area contributed by atoms with Crippen LogP contribution in [-0.4, -0.2) is 9.38 Å². The van der Waals surface area contributed by atoms with Gasteiger partial charge in [-0.25, -0.2) is 0 Å². The van der Waals surface area contributed by atoms with Crippen LogP contribution >= 0.6 is 0 Å². The van der Waals surface area contributed by atoms with Gasteiger partial charge in [-0.1, -0.05) is 24.3 Å². The van der Waals surface area contributed by atoms with Crippen molar-refractivity contribution >= 4 is 16.4 Å². The zero-order valence-electron chi connectivity index (χ0n) is 12.1. The van der Waals surface area contributed by atoms with Crippen LogP contribution < -0.4 is 0 Å². The van der Waals surface area contributed by atoms with E-state index in [-0.39, 0.29) is 25.7 Å². The quantitative estimate of drug-likeness (QED) is 0.336. The third-order valence-corrected chi connectivity index (χ3v) is 3.82. The van der Waals surface area contributed by atoms with Gasteiger partial charge in [0.15, 0.2) is 0 Å². The smallest absolute Gasteiger partial charge is 0.341 e. The van der Waals surface area contributed by atoms with Gasteiger partial charge in [-0.3, -0.25) is 4.98 Å². The Morgan fingerprint density at radius 3 is 2.58 bits per heavy atom. The van der Waals surface area contributed by atoms with Gasteiger partial charge < -0.3 is 4.40 Å². The maximum Gasteiger partial charge on any atom is 0.417 e. The molecule has 2 heterocycles. The van der Waals surface area contributed by atoms with Crippen molar-refractivity contribution in [1.29, 1.82) is 0 Å². The number of nitrogens with zero attached hydrogens (tertiary/aromatic N) is 2. The average Bonchev–Trinajstić information content (AvgIpc) is 2.98. The number of rotatable bonds is 1. The third-order valence-electron chi connectivity index (χ3n) is 3.82. The van der Waals surface area contributed by atoms with Gasteiger partial charge in [-0.05, 0) is 12.3 Å². The first-order chi connectivity index (χ1) is 11.1. The Balaban J connectivity index is 0.00000169. The van der Waals surface area contributed by atoms with Crippen molar-refractivity contribution in [3.63, 3.8) is 0 Å². The number of aromatic nitrogens is 2. The molecule has 2 nitrogen and oxygen atoms in total. The van der Waals surface area contributed by atoms with Gasteiger partial charge in [0.1, 0.15) is 0 Å². The molecule has 4 rings (SSSR count). The SMILES string of the molecule is FC(F)(F)c1ccccc1-c1cnc2c3[c-]cccc3ccn12.[Ir]. The Kier molecular flexibility index (Phi) is 4.20. The van der Waals surface area contributed by atoms with Crippen LogP contribution in [0.2, 0.25) is 0 Å². The molecule has 0 saturated carbocycles. The molecule has 123 valence electrons. The Bertz CT molecular complexity index is 1020. The van der Waals surface area contributed by atoms with E-state index >= 15 is 0 Å². The first kappa shape index (κ1) is 16.7. The summed E-state index contributed by atoms with van der Waals surface area (Å²) in [6.45, 7) is 0.